The minimum Gasteiger partial charge on any atom is -0.384 e. The highest BCUT2D eigenvalue weighted by Gasteiger charge is 2.24. The summed E-state index contributed by atoms with van der Waals surface area (Å²) in [5.74, 6) is 1.25. The summed E-state index contributed by atoms with van der Waals surface area (Å²) in [4.78, 5) is 0. The summed E-state index contributed by atoms with van der Waals surface area (Å²) in [6.07, 6.45) is 2.58. The lowest BCUT2D eigenvalue weighted by Crippen LogP contribution is -2.44. The highest BCUT2D eigenvalue weighted by atomic mass is 15.0. The van der Waals surface area contributed by atoms with E-state index in [4.69, 9.17) is 5.73 Å². The minimum absolute atomic E-state index is 0.159. The van der Waals surface area contributed by atoms with Crippen molar-refractivity contribution < 1.29 is 0 Å². The fraction of sp³-hybridized carbons (Fsp3) is 0.360. The number of anilines is 1. The van der Waals surface area contributed by atoms with Crippen LogP contribution >= 0.6 is 0 Å². The Morgan fingerprint density at radius 2 is 1.66 bits per heavy atom. The first kappa shape index (κ1) is 21.2. The Balaban J connectivity index is 0.000000224. The zero-order valence-corrected chi connectivity index (χ0v) is 17.5. The van der Waals surface area contributed by atoms with Crippen LogP contribution in [-0.4, -0.2) is 13.1 Å². The maximum atomic E-state index is 5.61. The van der Waals surface area contributed by atoms with Gasteiger partial charge in [-0.25, -0.2) is 0 Å². The number of nitrogens with two attached hydrogens (primary N) is 1. The lowest BCUT2D eigenvalue weighted by atomic mass is 9.99. The molecule has 154 valence electrons. The third kappa shape index (κ3) is 6.48. The van der Waals surface area contributed by atoms with Gasteiger partial charge in [-0.15, -0.1) is 0 Å². The highest BCUT2D eigenvalue weighted by molar-refractivity contribution is 5.55. The molecule has 2 aliphatic rings. The summed E-state index contributed by atoms with van der Waals surface area (Å²) in [5, 5.41) is 10.2. The van der Waals surface area contributed by atoms with Crippen molar-refractivity contribution >= 4 is 5.69 Å². The van der Waals surface area contributed by atoms with Gasteiger partial charge in [0.15, 0.2) is 0 Å². The molecule has 0 aromatic heterocycles. The fourth-order valence-electron chi connectivity index (χ4n) is 3.15. The molecule has 4 heteroatoms. The lowest BCUT2D eigenvalue weighted by Gasteiger charge is -2.30. The third-order valence-corrected chi connectivity index (χ3v) is 5.49. The summed E-state index contributed by atoms with van der Waals surface area (Å²) in [7, 11) is 0. The Labute approximate surface area is 175 Å². The lowest BCUT2D eigenvalue weighted by molar-refractivity contribution is 0.402. The molecule has 1 aliphatic heterocycles. The van der Waals surface area contributed by atoms with Gasteiger partial charge in [0, 0.05) is 48.7 Å². The van der Waals surface area contributed by atoms with E-state index < -0.39 is 0 Å². The predicted molar refractivity (Wildman–Crippen MR) is 123 cm³/mol. The van der Waals surface area contributed by atoms with E-state index >= 15 is 0 Å². The minimum atomic E-state index is 0.159. The van der Waals surface area contributed by atoms with Crippen LogP contribution in [0.4, 0.5) is 5.69 Å². The summed E-state index contributed by atoms with van der Waals surface area (Å²) in [5.41, 5.74) is 11.5. The van der Waals surface area contributed by atoms with E-state index in [-0.39, 0.29) is 6.04 Å². The first-order chi connectivity index (χ1) is 14.0. The summed E-state index contributed by atoms with van der Waals surface area (Å²) in [6.45, 7) is 13.1. The predicted octanol–water partition coefficient (Wildman–Crippen LogP) is 4.55. The fourth-order valence-corrected chi connectivity index (χ4v) is 3.15. The van der Waals surface area contributed by atoms with Gasteiger partial charge >= 0.3 is 0 Å². The maximum Gasteiger partial charge on any atom is 0.0432 e. The van der Waals surface area contributed by atoms with Gasteiger partial charge in [-0.2, -0.15) is 0 Å². The number of para-hydroxylation sites is 1. The SMILES string of the molecule is C=C(NCc1ccccc1NC(=C)C1CNC1)C1CC1.CC(N)c1ccccc1. The van der Waals surface area contributed by atoms with Crippen LogP contribution < -0.4 is 21.7 Å². The van der Waals surface area contributed by atoms with Crippen molar-refractivity contribution in [2.24, 2.45) is 17.6 Å². The molecule has 1 saturated heterocycles. The number of hydrogen-bond donors (Lipinski definition) is 4. The smallest absolute Gasteiger partial charge is 0.0432 e. The van der Waals surface area contributed by atoms with Gasteiger partial charge in [0.1, 0.15) is 0 Å². The number of hydrogen-bond acceptors (Lipinski definition) is 4. The number of rotatable bonds is 8. The molecular formula is C25H34N4. The molecule has 0 spiro atoms. The largest absolute Gasteiger partial charge is 0.384 e. The van der Waals surface area contributed by atoms with Gasteiger partial charge in [-0.05, 0) is 42.9 Å². The van der Waals surface area contributed by atoms with Crippen LogP contribution in [0.25, 0.3) is 0 Å². The first-order valence-corrected chi connectivity index (χ1v) is 10.5. The quantitative estimate of drug-likeness (QED) is 0.534. The second-order valence-electron chi connectivity index (χ2n) is 8.01. The zero-order chi connectivity index (χ0) is 20.6. The van der Waals surface area contributed by atoms with Crippen LogP contribution in [0.15, 0.2) is 79.1 Å². The van der Waals surface area contributed by atoms with Crippen molar-refractivity contribution in [3.8, 4) is 0 Å². The average molecular weight is 391 g/mol. The first-order valence-electron chi connectivity index (χ1n) is 10.5. The summed E-state index contributed by atoms with van der Waals surface area (Å²) in [6, 6.07) is 18.6. The molecule has 1 saturated carbocycles. The molecule has 1 atom stereocenters. The van der Waals surface area contributed by atoms with Crippen molar-refractivity contribution in [1.29, 1.82) is 0 Å². The van der Waals surface area contributed by atoms with Gasteiger partial charge in [0.05, 0.1) is 0 Å². The third-order valence-electron chi connectivity index (χ3n) is 5.49. The van der Waals surface area contributed by atoms with Crippen molar-refractivity contribution in [1.82, 2.24) is 10.6 Å². The number of allylic oxidation sites excluding steroid dienone is 1. The highest BCUT2D eigenvalue weighted by Crippen LogP contribution is 2.34. The molecular weight excluding hydrogens is 356 g/mol. The molecule has 0 bridgehead atoms. The standard InChI is InChI=1S/C17H23N3.C8H11N/c1-12(14-7-8-14)19-11-15-5-3-4-6-17(15)20-13(2)16-9-18-10-16;1-7(9)8-5-3-2-4-6-8/h3-6,14,16,18-20H,1-2,7-11H2;2-7H,9H2,1H3. The van der Waals surface area contributed by atoms with Crippen LogP contribution in [0.2, 0.25) is 0 Å². The Morgan fingerprint density at radius 1 is 1.00 bits per heavy atom. The average Bonchev–Trinajstić information content (AvgIpc) is 3.52. The molecule has 5 N–H and O–H groups in total. The van der Waals surface area contributed by atoms with Gasteiger partial charge in [0.25, 0.3) is 0 Å². The molecule has 2 aromatic rings. The molecule has 1 aliphatic carbocycles. The van der Waals surface area contributed by atoms with E-state index in [0.29, 0.717) is 11.8 Å². The van der Waals surface area contributed by atoms with E-state index in [9.17, 15) is 0 Å². The van der Waals surface area contributed by atoms with E-state index in [0.717, 1.165) is 31.0 Å². The molecule has 1 heterocycles. The Hall–Kier alpha value is -2.56. The van der Waals surface area contributed by atoms with Gasteiger partial charge in [-0.1, -0.05) is 61.7 Å². The van der Waals surface area contributed by atoms with Crippen LogP contribution in [0, 0.1) is 11.8 Å². The van der Waals surface area contributed by atoms with Crippen LogP contribution in [0.5, 0.6) is 0 Å². The molecule has 4 nitrogen and oxygen atoms in total. The molecule has 0 radical (unpaired) electrons. The zero-order valence-electron chi connectivity index (χ0n) is 17.5. The number of benzene rings is 2. The van der Waals surface area contributed by atoms with Crippen LogP contribution in [0.3, 0.4) is 0 Å². The van der Waals surface area contributed by atoms with Crippen LogP contribution in [0.1, 0.15) is 36.9 Å². The molecule has 4 rings (SSSR count). The Morgan fingerprint density at radius 3 is 2.21 bits per heavy atom. The monoisotopic (exact) mass is 390 g/mol. The molecule has 1 unspecified atom stereocenters. The van der Waals surface area contributed by atoms with Gasteiger partial charge in [-0.3, -0.25) is 0 Å². The topological polar surface area (TPSA) is 62.1 Å². The van der Waals surface area contributed by atoms with Crippen molar-refractivity contribution in [2.45, 2.75) is 32.4 Å². The van der Waals surface area contributed by atoms with Crippen molar-refractivity contribution in [3.63, 3.8) is 0 Å². The second kappa shape index (κ2) is 10.3. The molecule has 2 aromatic carbocycles. The molecule has 0 amide bonds. The molecule has 2 fully saturated rings. The van der Waals surface area contributed by atoms with E-state index in [1.165, 1.54) is 29.7 Å². The number of nitrogens with one attached hydrogen (secondary N) is 3. The van der Waals surface area contributed by atoms with E-state index in [1.807, 2.05) is 37.3 Å². The maximum absolute atomic E-state index is 5.61. The molecule has 29 heavy (non-hydrogen) atoms. The Kier molecular flexibility index (Phi) is 7.50. The summed E-state index contributed by atoms with van der Waals surface area (Å²) < 4.78 is 0. The van der Waals surface area contributed by atoms with Gasteiger partial charge in [0.2, 0.25) is 0 Å². The van der Waals surface area contributed by atoms with E-state index in [2.05, 4.69) is 53.4 Å². The van der Waals surface area contributed by atoms with Gasteiger partial charge < -0.3 is 21.7 Å². The Bertz CT molecular complexity index is 805. The second-order valence-corrected chi connectivity index (χ2v) is 8.01. The summed E-state index contributed by atoms with van der Waals surface area (Å²) >= 11 is 0. The normalized spacial score (nSPS) is 16.6. The van der Waals surface area contributed by atoms with Crippen molar-refractivity contribution in [2.75, 3.05) is 18.4 Å². The van der Waals surface area contributed by atoms with E-state index in [1.54, 1.807) is 0 Å². The van der Waals surface area contributed by atoms with Crippen molar-refractivity contribution in [3.05, 3.63) is 90.3 Å². The van der Waals surface area contributed by atoms with Crippen LogP contribution in [-0.2, 0) is 6.54 Å².